The number of carboxylic acid groups (broad SMARTS) is 1. The predicted molar refractivity (Wildman–Crippen MR) is 36.5 cm³/mol. The first kappa shape index (κ1) is 10.4. The lowest BCUT2D eigenvalue weighted by Gasteiger charge is -2.36. The molecule has 1 aliphatic heterocycles. The summed E-state index contributed by atoms with van der Waals surface area (Å²) in [4.78, 5) is 10.4. The van der Waals surface area contributed by atoms with E-state index in [0.29, 0.717) is 0 Å². The Balaban J connectivity index is 2.76. The fourth-order valence-corrected chi connectivity index (χ4v) is 1.07. The van der Waals surface area contributed by atoms with Crippen LogP contribution in [-0.4, -0.2) is 62.2 Å². The van der Waals surface area contributed by atoms with Crippen LogP contribution in [0, 0.1) is 0 Å². The second kappa shape index (κ2) is 3.56. The third-order valence-electron chi connectivity index (χ3n) is 1.83. The van der Waals surface area contributed by atoms with E-state index in [0.717, 1.165) is 0 Å². The summed E-state index contributed by atoms with van der Waals surface area (Å²) < 4.78 is 4.34. The van der Waals surface area contributed by atoms with Gasteiger partial charge in [-0.15, -0.1) is 0 Å². The van der Waals surface area contributed by atoms with Crippen molar-refractivity contribution in [3.8, 4) is 0 Å². The molecular weight excluding hydrogens is 184 g/mol. The smallest absolute Gasteiger partial charge is 0.335 e. The van der Waals surface area contributed by atoms with Crippen molar-refractivity contribution in [2.24, 2.45) is 0 Å². The monoisotopic (exact) mass is 194 g/mol. The van der Waals surface area contributed by atoms with Crippen LogP contribution >= 0.6 is 0 Å². The van der Waals surface area contributed by atoms with Gasteiger partial charge in [0.25, 0.3) is 0 Å². The molecule has 0 radical (unpaired) electrons. The van der Waals surface area contributed by atoms with Gasteiger partial charge in [-0.05, 0) is 0 Å². The second-order valence-electron chi connectivity index (χ2n) is 2.76. The summed E-state index contributed by atoms with van der Waals surface area (Å²) in [5.74, 6) is -1.52. The highest BCUT2D eigenvalue weighted by Crippen LogP contribution is 2.19. The van der Waals surface area contributed by atoms with E-state index in [-0.39, 0.29) is 0 Å². The lowest BCUT2D eigenvalue weighted by Crippen LogP contribution is -2.59. The van der Waals surface area contributed by atoms with Crippen molar-refractivity contribution < 1.29 is 35.1 Å². The Hall–Kier alpha value is -0.730. The van der Waals surface area contributed by atoms with Crippen molar-refractivity contribution in [1.29, 1.82) is 0 Å². The zero-order chi connectivity index (χ0) is 10.2. The van der Waals surface area contributed by atoms with Crippen LogP contribution < -0.4 is 0 Å². The molecule has 1 fully saturated rings. The number of hydrogen-bond donors (Lipinski definition) is 5. The first-order chi connectivity index (χ1) is 5.95. The quantitative estimate of drug-likeness (QED) is 0.298. The molecule has 5 atom stereocenters. The van der Waals surface area contributed by atoms with Gasteiger partial charge >= 0.3 is 5.97 Å². The number of ether oxygens (including phenoxy) is 1. The average molecular weight is 194 g/mol. The first-order valence-corrected chi connectivity index (χ1v) is 3.55. The Labute approximate surface area is 72.8 Å². The minimum Gasteiger partial charge on any atom is -0.479 e. The molecule has 7 nitrogen and oxygen atoms in total. The highest BCUT2D eigenvalue weighted by molar-refractivity contribution is 5.73. The maximum atomic E-state index is 10.4. The van der Waals surface area contributed by atoms with Crippen LogP contribution in [0.15, 0.2) is 0 Å². The molecule has 0 aromatic carbocycles. The van der Waals surface area contributed by atoms with E-state index >= 15 is 0 Å². The molecule has 0 bridgehead atoms. The Morgan fingerprint density at radius 1 is 1.00 bits per heavy atom. The highest BCUT2D eigenvalue weighted by Gasteiger charge is 2.46. The Bertz CT molecular complexity index is 205. The van der Waals surface area contributed by atoms with Crippen molar-refractivity contribution in [3.05, 3.63) is 0 Å². The van der Waals surface area contributed by atoms with Gasteiger partial charge in [0.1, 0.15) is 18.3 Å². The number of hydrogen-bond acceptors (Lipinski definition) is 6. The van der Waals surface area contributed by atoms with Crippen molar-refractivity contribution in [2.45, 2.75) is 30.7 Å². The van der Waals surface area contributed by atoms with Crippen molar-refractivity contribution in [2.75, 3.05) is 0 Å². The lowest BCUT2D eigenvalue weighted by atomic mass is 9.99. The molecule has 13 heavy (non-hydrogen) atoms. The molecule has 1 aliphatic rings. The van der Waals surface area contributed by atoms with E-state index in [1.165, 1.54) is 0 Å². The molecule has 0 spiro atoms. The van der Waals surface area contributed by atoms with E-state index in [1.807, 2.05) is 0 Å². The zero-order valence-corrected chi connectivity index (χ0v) is 6.44. The van der Waals surface area contributed by atoms with Crippen LogP contribution in [0.3, 0.4) is 0 Å². The van der Waals surface area contributed by atoms with Crippen molar-refractivity contribution in [1.82, 2.24) is 0 Å². The van der Waals surface area contributed by atoms with E-state index in [2.05, 4.69) is 4.74 Å². The maximum Gasteiger partial charge on any atom is 0.335 e. The van der Waals surface area contributed by atoms with Gasteiger partial charge in [-0.2, -0.15) is 0 Å². The third-order valence-corrected chi connectivity index (χ3v) is 1.83. The summed E-state index contributed by atoms with van der Waals surface area (Å²) in [6.45, 7) is 0. The molecule has 76 valence electrons. The maximum absolute atomic E-state index is 10.4. The molecule has 7 heteroatoms. The average Bonchev–Trinajstić information content (AvgIpc) is 2.07. The van der Waals surface area contributed by atoms with Gasteiger partial charge in [-0.3, -0.25) is 0 Å². The summed E-state index contributed by atoms with van der Waals surface area (Å²) in [5.41, 5.74) is 0. The Kier molecular flexibility index (Phi) is 2.84. The number of aliphatic carboxylic acids is 1. The second-order valence-corrected chi connectivity index (χ2v) is 2.76. The SMILES string of the molecule is O=C(O)C1O[C@H](O)[C@H](O)[C@@H](O)[C@@H]1O. The van der Waals surface area contributed by atoms with Crippen LogP contribution in [0.5, 0.6) is 0 Å². The normalized spacial score (nSPS) is 46.0. The van der Waals surface area contributed by atoms with Gasteiger partial charge in [0.2, 0.25) is 0 Å². The summed E-state index contributed by atoms with van der Waals surface area (Å²) in [5, 5.41) is 44.4. The molecule has 0 aliphatic carbocycles. The number of aliphatic hydroxyl groups is 4. The van der Waals surface area contributed by atoms with Crippen LogP contribution in [0.2, 0.25) is 0 Å². The topological polar surface area (TPSA) is 127 Å². The summed E-state index contributed by atoms with van der Waals surface area (Å²) in [6.07, 6.45) is -8.72. The fraction of sp³-hybridized carbons (Fsp3) is 0.833. The van der Waals surface area contributed by atoms with E-state index < -0.39 is 36.7 Å². The number of rotatable bonds is 1. The lowest BCUT2D eigenvalue weighted by molar-refractivity contribution is -0.279. The van der Waals surface area contributed by atoms with E-state index in [4.69, 9.17) is 25.5 Å². The molecule has 1 saturated heterocycles. The number of aliphatic hydroxyl groups excluding tert-OH is 4. The van der Waals surface area contributed by atoms with Crippen LogP contribution in [-0.2, 0) is 9.53 Å². The molecular formula is C6H10O7. The summed E-state index contributed by atoms with van der Waals surface area (Å²) in [7, 11) is 0. The molecule has 5 N–H and O–H groups in total. The van der Waals surface area contributed by atoms with Crippen LogP contribution in [0.25, 0.3) is 0 Å². The minimum atomic E-state index is -1.81. The number of carbonyl (C=O) groups is 1. The van der Waals surface area contributed by atoms with Gasteiger partial charge in [0.05, 0.1) is 0 Å². The summed E-state index contributed by atoms with van der Waals surface area (Å²) >= 11 is 0. The molecule has 0 saturated carbocycles. The molecule has 1 heterocycles. The third kappa shape index (κ3) is 1.79. The van der Waals surface area contributed by atoms with Crippen molar-refractivity contribution >= 4 is 5.97 Å². The van der Waals surface area contributed by atoms with Gasteiger partial charge in [0, 0.05) is 0 Å². The first-order valence-electron chi connectivity index (χ1n) is 3.55. The standard InChI is InChI=1S/C6H10O7/c7-1-2(8)4(5(10)11)13-6(12)3(1)9/h1-4,6-9,12H,(H,10,11)/t1-,2-,3+,4?,6-/m0/s1. The Morgan fingerprint density at radius 3 is 2.00 bits per heavy atom. The number of carboxylic acids is 1. The zero-order valence-electron chi connectivity index (χ0n) is 6.44. The largest absolute Gasteiger partial charge is 0.479 e. The summed E-state index contributed by atoms with van der Waals surface area (Å²) in [6, 6.07) is 0. The molecule has 0 aromatic heterocycles. The highest BCUT2D eigenvalue weighted by atomic mass is 16.6. The van der Waals surface area contributed by atoms with Gasteiger partial charge in [-0.25, -0.2) is 4.79 Å². The molecule has 0 amide bonds. The molecule has 1 unspecified atom stereocenters. The Morgan fingerprint density at radius 2 is 1.54 bits per heavy atom. The predicted octanol–water partition coefficient (Wildman–Crippen LogP) is -3.13. The fourth-order valence-electron chi connectivity index (χ4n) is 1.07. The van der Waals surface area contributed by atoms with Gasteiger partial charge in [0.15, 0.2) is 12.4 Å². The van der Waals surface area contributed by atoms with Crippen molar-refractivity contribution in [3.63, 3.8) is 0 Å². The minimum absolute atomic E-state index is 1.52. The van der Waals surface area contributed by atoms with E-state index in [9.17, 15) is 4.79 Å². The van der Waals surface area contributed by atoms with Crippen LogP contribution in [0.1, 0.15) is 0 Å². The van der Waals surface area contributed by atoms with Gasteiger partial charge < -0.3 is 30.3 Å². The molecule has 0 aromatic rings. The van der Waals surface area contributed by atoms with Crippen LogP contribution in [0.4, 0.5) is 0 Å². The molecule has 1 rings (SSSR count). The van der Waals surface area contributed by atoms with E-state index in [1.54, 1.807) is 0 Å². The van der Waals surface area contributed by atoms with Gasteiger partial charge in [-0.1, -0.05) is 0 Å².